The van der Waals surface area contributed by atoms with Crippen molar-refractivity contribution in [2.45, 2.75) is 38.5 Å². The van der Waals surface area contributed by atoms with E-state index in [1.807, 2.05) is 24.3 Å². The van der Waals surface area contributed by atoms with Crippen molar-refractivity contribution in [2.24, 2.45) is 0 Å². The van der Waals surface area contributed by atoms with Crippen LogP contribution in [-0.4, -0.2) is 12.1 Å². The molecule has 4 heteroatoms. The number of hydrogen-bond donors (Lipinski definition) is 1. The molecule has 0 saturated carbocycles. The molecule has 2 unspecified atom stereocenters. The van der Waals surface area contributed by atoms with Gasteiger partial charge < -0.3 is 14.8 Å². The van der Waals surface area contributed by atoms with E-state index in [1.165, 1.54) is 23.3 Å². The number of nitrogens with one attached hydrogen (secondary N) is 1. The Bertz CT molecular complexity index is 922. The molecule has 1 N–H and O–H groups in total. The van der Waals surface area contributed by atoms with Crippen LogP contribution in [0.1, 0.15) is 31.1 Å². The van der Waals surface area contributed by atoms with Gasteiger partial charge >= 0.3 is 0 Å². The fourth-order valence-corrected chi connectivity index (χ4v) is 3.65. The van der Waals surface area contributed by atoms with Crippen molar-refractivity contribution in [3.8, 4) is 17.2 Å². The Morgan fingerprint density at radius 3 is 2.14 bits per heavy atom. The van der Waals surface area contributed by atoms with E-state index in [0.29, 0.717) is 17.5 Å². The molecule has 0 fully saturated rings. The third-order valence-electron chi connectivity index (χ3n) is 4.85. The summed E-state index contributed by atoms with van der Waals surface area (Å²) in [5.41, 5.74) is 2.58. The molecular weight excluding hydrogens is 353 g/mol. The smallest absolute Gasteiger partial charge is 0.140 e. The Morgan fingerprint density at radius 1 is 0.857 bits per heavy atom. The summed E-state index contributed by atoms with van der Waals surface area (Å²) in [7, 11) is 0. The molecule has 2 atom stereocenters. The molecule has 144 valence electrons. The van der Waals surface area contributed by atoms with Crippen molar-refractivity contribution >= 4 is 0 Å². The molecule has 3 aromatic carbocycles. The van der Waals surface area contributed by atoms with Crippen LogP contribution >= 0.6 is 0 Å². The lowest BCUT2D eigenvalue weighted by molar-refractivity contribution is 0.162. The Hall–Kier alpha value is -2.85. The van der Waals surface area contributed by atoms with Gasteiger partial charge in [0.2, 0.25) is 0 Å². The highest BCUT2D eigenvalue weighted by atomic mass is 19.1. The number of ether oxygens (including phenoxy) is 2. The zero-order valence-corrected chi connectivity index (χ0v) is 16.1. The van der Waals surface area contributed by atoms with Crippen LogP contribution in [0.3, 0.4) is 0 Å². The first-order valence-corrected chi connectivity index (χ1v) is 9.62. The lowest BCUT2D eigenvalue weighted by Crippen LogP contribution is -2.39. The summed E-state index contributed by atoms with van der Waals surface area (Å²) in [6.07, 6.45) is 0.938. The van der Waals surface area contributed by atoms with Gasteiger partial charge in [0.15, 0.2) is 0 Å². The summed E-state index contributed by atoms with van der Waals surface area (Å²) in [5.74, 6) is 1.80. The molecule has 0 bridgehead atoms. The number of benzene rings is 3. The number of rotatable bonds is 6. The second kappa shape index (κ2) is 8.03. The lowest BCUT2D eigenvalue weighted by atomic mass is 10.1. The quantitative estimate of drug-likeness (QED) is 0.601. The normalized spacial score (nSPS) is 18.1. The fraction of sp³-hybridized carbons (Fsp3) is 0.250. The minimum atomic E-state index is -0.280. The molecule has 28 heavy (non-hydrogen) atoms. The Balaban J connectivity index is 1.48. The Kier molecular flexibility index (Phi) is 5.31. The van der Waals surface area contributed by atoms with Crippen LogP contribution in [0.4, 0.5) is 4.39 Å². The Labute approximate surface area is 165 Å². The predicted molar refractivity (Wildman–Crippen MR) is 108 cm³/mol. The lowest BCUT2D eigenvalue weighted by Gasteiger charge is -2.25. The summed E-state index contributed by atoms with van der Waals surface area (Å²) >= 11 is 0. The van der Waals surface area contributed by atoms with E-state index in [0.717, 1.165) is 12.2 Å². The minimum Gasteiger partial charge on any atom is -0.484 e. The van der Waals surface area contributed by atoms with E-state index >= 15 is 0 Å². The van der Waals surface area contributed by atoms with Gasteiger partial charge in [0.25, 0.3) is 0 Å². The number of fused-ring (bicyclic) bond motifs is 1. The van der Waals surface area contributed by atoms with Gasteiger partial charge in [-0.3, -0.25) is 0 Å². The van der Waals surface area contributed by atoms with Crippen LogP contribution in [-0.2, 0) is 6.42 Å². The van der Waals surface area contributed by atoms with E-state index in [2.05, 4.69) is 43.4 Å². The van der Waals surface area contributed by atoms with Gasteiger partial charge in [-0.2, -0.15) is 0 Å². The number of hydrogen-bond acceptors (Lipinski definition) is 3. The highest BCUT2D eigenvalue weighted by Crippen LogP contribution is 2.36. The molecule has 4 rings (SSSR count). The highest BCUT2D eigenvalue weighted by molar-refractivity contribution is 5.39. The second-order valence-corrected chi connectivity index (χ2v) is 7.40. The maximum Gasteiger partial charge on any atom is 0.140 e. The van der Waals surface area contributed by atoms with E-state index in [1.54, 1.807) is 12.1 Å². The van der Waals surface area contributed by atoms with Crippen LogP contribution < -0.4 is 14.8 Å². The SMILES string of the molecule is CC(C)NC1Cc2ccccc2C1Oc1ccc(Oc2ccc(F)cc2)cc1. The summed E-state index contributed by atoms with van der Waals surface area (Å²) in [5, 5.41) is 3.63. The van der Waals surface area contributed by atoms with Crippen molar-refractivity contribution in [1.29, 1.82) is 0 Å². The van der Waals surface area contributed by atoms with E-state index in [9.17, 15) is 4.39 Å². The molecule has 0 aliphatic heterocycles. The van der Waals surface area contributed by atoms with Gasteiger partial charge in [0, 0.05) is 6.04 Å². The summed E-state index contributed by atoms with van der Waals surface area (Å²) in [4.78, 5) is 0. The number of halogens is 1. The van der Waals surface area contributed by atoms with E-state index in [4.69, 9.17) is 9.47 Å². The van der Waals surface area contributed by atoms with Crippen molar-refractivity contribution in [3.63, 3.8) is 0 Å². The average molecular weight is 377 g/mol. The molecule has 1 aliphatic carbocycles. The second-order valence-electron chi connectivity index (χ2n) is 7.40. The maximum atomic E-state index is 13.0. The van der Waals surface area contributed by atoms with Gasteiger partial charge in [-0.05, 0) is 66.1 Å². The van der Waals surface area contributed by atoms with Gasteiger partial charge in [0.05, 0.1) is 6.04 Å². The van der Waals surface area contributed by atoms with Crippen molar-refractivity contribution in [1.82, 2.24) is 5.32 Å². The molecule has 0 radical (unpaired) electrons. The first kappa shape index (κ1) is 18.5. The van der Waals surface area contributed by atoms with Crippen molar-refractivity contribution in [3.05, 3.63) is 89.7 Å². The summed E-state index contributed by atoms with van der Waals surface area (Å²) in [6.45, 7) is 4.31. The first-order chi connectivity index (χ1) is 13.6. The standard InChI is InChI=1S/C24H24FNO2/c1-16(2)26-23-15-17-5-3-4-6-22(17)24(23)28-21-13-11-20(12-14-21)27-19-9-7-18(25)8-10-19/h3-14,16,23-24,26H,15H2,1-2H3. The molecule has 0 spiro atoms. The molecule has 0 aromatic heterocycles. The maximum absolute atomic E-state index is 13.0. The van der Waals surface area contributed by atoms with Crippen LogP contribution in [0.5, 0.6) is 17.2 Å². The average Bonchev–Trinajstić information content (AvgIpc) is 3.02. The summed E-state index contributed by atoms with van der Waals surface area (Å²) < 4.78 is 25.1. The third-order valence-corrected chi connectivity index (χ3v) is 4.85. The predicted octanol–water partition coefficient (Wildman–Crippen LogP) is 5.66. The van der Waals surface area contributed by atoms with Crippen molar-refractivity contribution in [2.75, 3.05) is 0 Å². The van der Waals surface area contributed by atoms with Crippen LogP contribution in [0.25, 0.3) is 0 Å². The van der Waals surface area contributed by atoms with Gasteiger partial charge in [-0.1, -0.05) is 38.1 Å². The molecule has 0 saturated heterocycles. The zero-order chi connectivity index (χ0) is 19.5. The largest absolute Gasteiger partial charge is 0.484 e. The molecule has 1 aliphatic rings. The van der Waals surface area contributed by atoms with E-state index < -0.39 is 0 Å². The first-order valence-electron chi connectivity index (χ1n) is 9.62. The van der Waals surface area contributed by atoms with Gasteiger partial charge in [-0.25, -0.2) is 4.39 Å². The van der Waals surface area contributed by atoms with Crippen LogP contribution in [0, 0.1) is 5.82 Å². The minimum absolute atomic E-state index is 0.0255. The van der Waals surface area contributed by atoms with Gasteiger partial charge in [0.1, 0.15) is 29.2 Å². The molecule has 0 amide bonds. The fourth-order valence-electron chi connectivity index (χ4n) is 3.65. The molecule has 3 aromatic rings. The van der Waals surface area contributed by atoms with Crippen LogP contribution in [0.2, 0.25) is 0 Å². The van der Waals surface area contributed by atoms with Crippen LogP contribution in [0.15, 0.2) is 72.8 Å². The molecule has 3 nitrogen and oxygen atoms in total. The monoisotopic (exact) mass is 377 g/mol. The topological polar surface area (TPSA) is 30.5 Å². The summed E-state index contributed by atoms with van der Waals surface area (Å²) in [6, 6.07) is 22.6. The molecular formula is C24H24FNO2. The highest BCUT2D eigenvalue weighted by Gasteiger charge is 2.34. The third kappa shape index (κ3) is 4.18. The van der Waals surface area contributed by atoms with Gasteiger partial charge in [-0.15, -0.1) is 0 Å². The van der Waals surface area contributed by atoms with E-state index in [-0.39, 0.29) is 18.0 Å². The van der Waals surface area contributed by atoms with Crippen molar-refractivity contribution < 1.29 is 13.9 Å². The zero-order valence-electron chi connectivity index (χ0n) is 16.1. The Morgan fingerprint density at radius 2 is 1.46 bits per heavy atom. The molecule has 0 heterocycles.